The molecule has 160 valence electrons. The molecule has 7 nitrogen and oxygen atoms in total. The van der Waals surface area contributed by atoms with Crippen LogP contribution in [0.15, 0.2) is 48.5 Å². The highest BCUT2D eigenvalue weighted by atomic mass is 32.1. The van der Waals surface area contributed by atoms with E-state index in [9.17, 15) is 9.59 Å². The van der Waals surface area contributed by atoms with E-state index < -0.39 is 0 Å². The van der Waals surface area contributed by atoms with Crippen molar-refractivity contribution in [3.63, 3.8) is 0 Å². The summed E-state index contributed by atoms with van der Waals surface area (Å²) in [6, 6.07) is 13.6. The zero-order valence-corrected chi connectivity index (χ0v) is 18.3. The number of likely N-dealkylation sites (N-methyl/N-ethyl adjacent to an activating group) is 1. The van der Waals surface area contributed by atoms with Crippen LogP contribution in [0.1, 0.15) is 34.6 Å². The number of ether oxygens (including phenoxy) is 1. The Balaban J connectivity index is 1.83. The molecule has 0 aliphatic rings. The van der Waals surface area contributed by atoms with Gasteiger partial charge in [-0.1, -0.05) is 13.8 Å². The SMILES string of the molecule is CCN(CC)CCNC(=O)c1ccc(NC(=S)NC(=O)c2ccc(OC)cc2)cc1. The maximum atomic E-state index is 12.2. The number of carbonyl (C=O) groups is 2. The van der Waals surface area contributed by atoms with E-state index in [-0.39, 0.29) is 16.9 Å². The third-order valence-corrected chi connectivity index (χ3v) is 4.80. The third-order valence-electron chi connectivity index (χ3n) is 4.59. The number of nitrogens with zero attached hydrogens (tertiary/aromatic N) is 1. The summed E-state index contributed by atoms with van der Waals surface area (Å²) in [5, 5.41) is 8.66. The number of methoxy groups -OCH3 is 1. The number of anilines is 1. The van der Waals surface area contributed by atoms with Gasteiger partial charge in [-0.2, -0.15) is 0 Å². The fourth-order valence-corrected chi connectivity index (χ4v) is 2.96. The highest BCUT2D eigenvalue weighted by Gasteiger charge is 2.09. The summed E-state index contributed by atoms with van der Waals surface area (Å²) in [6.45, 7) is 7.54. The van der Waals surface area contributed by atoms with Crippen molar-refractivity contribution in [1.82, 2.24) is 15.5 Å². The maximum Gasteiger partial charge on any atom is 0.257 e. The summed E-state index contributed by atoms with van der Waals surface area (Å²) in [5.41, 5.74) is 1.71. The summed E-state index contributed by atoms with van der Waals surface area (Å²) in [5.74, 6) is 0.230. The zero-order chi connectivity index (χ0) is 21.9. The van der Waals surface area contributed by atoms with E-state index >= 15 is 0 Å². The van der Waals surface area contributed by atoms with Crippen LogP contribution in [0.5, 0.6) is 5.75 Å². The number of nitrogens with one attached hydrogen (secondary N) is 3. The van der Waals surface area contributed by atoms with Gasteiger partial charge in [0, 0.05) is 29.9 Å². The quantitative estimate of drug-likeness (QED) is 0.533. The van der Waals surface area contributed by atoms with Gasteiger partial charge in [0.2, 0.25) is 0 Å². The van der Waals surface area contributed by atoms with Crippen LogP contribution in [0.25, 0.3) is 0 Å². The van der Waals surface area contributed by atoms with Crippen molar-refractivity contribution in [3.8, 4) is 5.75 Å². The van der Waals surface area contributed by atoms with Crippen LogP contribution < -0.4 is 20.7 Å². The lowest BCUT2D eigenvalue weighted by atomic mass is 10.2. The predicted molar refractivity (Wildman–Crippen MR) is 123 cm³/mol. The molecule has 0 radical (unpaired) electrons. The minimum absolute atomic E-state index is 0.121. The van der Waals surface area contributed by atoms with Crippen molar-refractivity contribution < 1.29 is 14.3 Å². The molecule has 0 atom stereocenters. The lowest BCUT2D eigenvalue weighted by Gasteiger charge is -2.18. The van der Waals surface area contributed by atoms with E-state index in [0.717, 1.165) is 19.6 Å². The first-order valence-electron chi connectivity index (χ1n) is 9.83. The van der Waals surface area contributed by atoms with Gasteiger partial charge < -0.3 is 20.3 Å². The summed E-state index contributed by atoms with van der Waals surface area (Å²) < 4.78 is 5.08. The first kappa shape index (κ1) is 23.3. The number of carbonyl (C=O) groups excluding carboxylic acids is 2. The average molecular weight is 429 g/mol. The van der Waals surface area contributed by atoms with E-state index in [0.29, 0.717) is 29.1 Å². The Labute approximate surface area is 182 Å². The predicted octanol–water partition coefficient (Wildman–Crippen LogP) is 2.89. The van der Waals surface area contributed by atoms with Crippen molar-refractivity contribution in [2.24, 2.45) is 0 Å². The van der Waals surface area contributed by atoms with Gasteiger partial charge >= 0.3 is 0 Å². The Morgan fingerprint density at radius 2 is 1.50 bits per heavy atom. The second kappa shape index (κ2) is 11.9. The molecule has 2 amide bonds. The molecule has 3 N–H and O–H groups in total. The molecule has 0 aromatic heterocycles. The first-order chi connectivity index (χ1) is 14.5. The molecule has 0 unspecified atom stereocenters. The van der Waals surface area contributed by atoms with Gasteiger partial charge in [-0.3, -0.25) is 14.9 Å². The van der Waals surface area contributed by atoms with Crippen LogP contribution in [-0.4, -0.2) is 55.1 Å². The van der Waals surface area contributed by atoms with Gasteiger partial charge in [0.05, 0.1) is 7.11 Å². The minimum Gasteiger partial charge on any atom is -0.497 e. The van der Waals surface area contributed by atoms with Gasteiger partial charge in [0.15, 0.2) is 5.11 Å². The molecule has 0 aliphatic carbocycles. The first-order valence-corrected chi connectivity index (χ1v) is 10.2. The van der Waals surface area contributed by atoms with Crippen molar-refractivity contribution in [2.75, 3.05) is 38.6 Å². The van der Waals surface area contributed by atoms with E-state index in [1.54, 1.807) is 55.6 Å². The van der Waals surface area contributed by atoms with Crippen LogP contribution in [0, 0.1) is 0 Å². The van der Waals surface area contributed by atoms with Crippen molar-refractivity contribution in [1.29, 1.82) is 0 Å². The van der Waals surface area contributed by atoms with Crippen LogP contribution in [0.3, 0.4) is 0 Å². The number of thiocarbonyl (C=S) groups is 1. The van der Waals surface area contributed by atoms with Crippen LogP contribution in [-0.2, 0) is 0 Å². The van der Waals surface area contributed by atoms with Gasteiger partial charge in [0.25, 0.3) is 11.8 Å². The van der Waals surface area contributed by atoms with Crippen molar-refractivity contribution in [2.45, 2.75) is 13.8 Å². The van der Waals surface area contributed by atoms with Crippen LogP contribution in [0.2, 0.25) is 0 Å². The molecule has 2 rings (SSSR count). The summed E-state index contributed by atoms with van der Waals surface area (Å²) in [6.07, 6.45) is 0. The van der Waals surface area contributed by atoms with Gasteiger partial charge in [-0.25, -0.2) is 0 Å². The number of rotatable bonds is 9. The van der Waals surface area contributed by atoms with Gasteiger partial charge in [-0.05, 0) is 73.8 Å². The number of amides is 2. The zero-order valence-electron chi connectivity index (χ0n) is 17.5. The second-order valence-electron chi connectivity index (χ2n) is 6.50. The van der Waals surface area contributed by atoms with Crippen LogP contribution in [0.4, 0.5) is 5.69 Å². The number of hydrogen-bond donors (Lipinski definition) is 3. The molecule has 0 fully saturated rings. The standard InChI is InChI=1S/C22H28N4O3S/c1-4-26(5-2)15-14-23-20(27)16-6-10-18(11-7-16)24-22(30)25-21(28)17-8-12-19(29-3)13-9-17/h6-13H,4-5,14-15H2,1-3H3,(H,23,27)(H2,24,25,28,30). The largest absolute Gasteiger partial charge is 0.497 e. The lowest BCUT2D eigenvalue weighted by Crippen LogP contribution is -2.35. The second-order valence-corrected chi connectivity index (χ2v) is 6.91. The minimum atomic E-state index is -0.320. The summed E-state index contributed by atoms with van der Waals surface area (Å²) in [7, 11) is 1.56. The molecule has 2 aromatic carbocycles. The average Bonchev–Trinajstić information content (AvgIpc) is 2.77. The summed E-state index contributed by atoms with van der Waals surface area (Å²) >= 11 is 5.20. The molecule has 8 heteroatoms. The van der Waals surface area contributed by atoms with Gasteiger partial charge in [0.1, 0.15) is 5.75 Å². The van der Waals surface area contributed by atoms with Crippen molar-refractivity contribution >= 4 is 34.8 Å². The Kier molecular flexibility index (Phi) is 9.24. The molecule has 0 spiro atoms. The highest BCUT2D eigenvalue weighted by Crippen LogP contribution is 2.12. The Morgan fingerprint density at radius 3 is 2.07 bits per heavy atom. The molecule has 2 aromatic rings. The Bertz CT molecular complexity index is 850. The van der Waals surface area contributed by atoms with E-state index in [1.807, 2.05) is 0 Å². The van der Waals surface area contributed by atoms with E-state index in [1.165, 1.54) is 0 Å². The fraction of sp³-hybridized carbons (Fsp3) is 0.318. The molecule has 0 bridgehead atoms. The van der Waals surface area contributed by atoms with Crippen LogP contribution >= 0.6 is 12.2 Å². The van der Waals surface area contributed by atoms with Crippen molar-refractivity contribution in [3.05, 3.63) is 59.7 Å². The molecule has 30 heavy (non-hydrogen) atoms. The summed E-state index contributed by atoms with van der Waals surface area (Å²) in [4.78, 5) is 26.7. The molecule has 0 heterocycles. The normalized spacial score (nSPS) is 10.4. The fourth-order valence-electron chi connectivity index (χ4n) is 2.75. The molecule has 0 saturated carbocycles. The topological polar surface area (TPSA) is 82.7 Å². The molecular weight excluding hydrogens is 400 g/mol. The molecule has 0 aliphatic heterocycles. The third kappa shape index (κ3) is 7.13. The van der Waals surface area contributed by atoms with E-state index in [4.69, 9.17) is 17.0 Å². The maximum absolute atomic E-state index is 12.2. The highest BCUT2D eigenvalue weighted by molar-refractivity contribution is 7.80. The smallest absolute Gasteiger partial charge is 0.257 e. The Morgan fingerprint density at radius 1 is 0.933 bits per heavy atom. The number of hydrogen-bond acceptors (Lipinski definition) is 5. The van der Waals surface area contributed by atoms with E-state index in [2.05, 4.69) is 34.7 Å². The number of benzene rings is 2. The molecular formula is C22H28N4O3S. The monoisotopic (exact) mass is 428 g/mol. The Hall–Kier alpha value is -2.97. The van der Waals surface area contributed by atoms with Gasteiger partial charge in [-0.15, -0.1) is 0 Å². The lowest BCUT2D eigenvalue weighted by molar-refractivity contribution is 0.0947. The molecule has 0 saturated heterocycles.